The summed E-state index contributed by atoms with van der Waals surface area (Å²) >= 11 is 0. The zero-order valence-corrected chi connectivity index (χ0v) is 14.0. The van der Waals surface area contributed by atoms with Crippen LogP contribution in [-0.4, -0.2) is 49.4 Å². The first-order valence-corrected chi connectivity index (χ1v) is 7.26. The molecular formula is C14H30ClN3O2. The summed E-state index contributed by atoms with van der Waals surface area (Å²) < 4.78 is 0. The third-order valence-electron chi connectivity index (χ3n) is 3.00. The molecule has 0 rings (SSSR count). The number of carbonyl (C=O) groups is 2. The molecule has 0 aliphatic carbocycles. The second-order valence-corrected chi connectivity index (χ2v) is 4.87. The Kier molecular flexibility index (Phi) is 14.2. The molecule has 0 saturated carbocycles. The fraction of sp³-hybridized carbons (Fsp3) is 0.857. The molecule has 1 atom stereocenters. The van der Waals surface area contributed by atoms with Crippen LogP contribution in [0.25, 0.3) is 0 Å². The van der Waals surface area contributed by atoms with Gasteiger partial charge in [-0.2, -0.15) is 0 Å². The molecule has 0 bridgehead atoms. The van der Waals surface area contributed by atoms with E-state index < -0.39 is 0 Å². The minimum atomic E-state index is -0.0524. The van der Waals surface area contributed by atoms with Gasteiger partial charge in [-0.25, -0.2) is 0 Å². The van der Waals surface area contributed by atoms with E-state index in [1.54, 1.807) is 0 Å². The van der Waals surface area contributed by atoms with Crippen LogP contribution in [-0.2, 0) is 9.59 Å². The van der Waals surface area contributed by atoms with Crippen LogP contribution in [0.15, 0.2) is 0 Å². The highest BCUT2D eigenvalue weighted by Gasteiger charge is 2.13. The summed E-state index contributed by atoms with van der Waals surface area (Å²) in [6, 6.07) is 0.247. The highest BCUT2D eigenvalue weighted by atomic mass is 35.5. The van der Waals surface area contributed by atoms with E-state index in [1.165, 1.54) is 0 Å². The van der Waals surface area contributed by atoms with Crippen molar-refractivity contribution in [2.45, 2.75) is 52.5 Å². The van der Waals surface area contributed by atoms with E-state index in [9.17, 15) is 9.59 Å². The smallest absolute Gasteiger partial charge is 0.223 e. The molecule has 2 amide bonds. The van der Waals surface area contributed by atoms with Crippen LogP contribution in [0.1, 0.15) is 46.5 Å². The van der Waals surface area contributed by atoms with Crippen LogP contribution in [0, 0.1) is 0 Å². The minimum absolute atomic E-state index is 0. The molecular weight excluding hydrogens is 278 g/mol. The van der Waals surface area contributed by atoms with Gasteiger partial charge in [-0.1, -0.05) is 13.8 Å². The molecule has 0 aliphatic rings. The molecule has 0 heterocycles. The van der Waals surface area contributed by atoms with Gasteiger partial charge < -0.3 is 15.5 Å². The van der Waals surface area contributed by atoms with Crippen LogP contribution < -0.4 is 10.6 Å². The Morgan fingerprint density at radius 3 is 2.10 bits per heavy atom. The monoisotopic (exact) mass is 307 g/mol. The Morgan fingerprint density at radius 1 is 1.10 bits per heavy atom. The Balaban J connectivity index is 0. The van der Waals surface area contributed by atoms with Gasteiger partial charge in [0.1, 0.15) is 0 Å². The van der Waals surface area contributed by atoms with Gasteiger partial charge >= 0.3 is 0 Å². The molecule has 0 aromatic carbocycles. The van der Waals surface area contributed by atoms with Crippen LogP contribution >= 0.6 is 12.4 Å². The fourth-order valence-electron chi connectivity index (χ4n) is 1.74. The predicted molar refractivity (Wildman–Crippen MR) is 85.2 cm³/mol. The number of amides is 2. The number of rotatable bonds is 10. The van der Waals surface area contributed by atoms with Gasteiger partial charge in [0.25, 0.3) is 0 Å². The van der Waals surface area contributed by atoms with E-state index in [2.05, 4.69) is 24.5 Å². The zero-order chi connectivity index (χ0) is 14.7. The normalized spacial score (nSPS) is 11.4. The molecule has 0 fully saturated rings. The molecule has 0 radical (unpaired) electrons. The number of hydrogen-bond donors (Lipinski definition) is 2. The molecule has 6 heteroatoms. The lowest BCUT2D eigenvalue weighted by Crippen LogP contribution is -2.38. The average molecular weight is 308 g/mol. The minimum Gasteiger partial charge on any atom is -0.355 e. The van der Waals surface area contributed by atoms with Crippen LogP contribution in [0.5, 0.6) is 0 Å². The Bertz CT molecular complexity index is 269. The lowest BCUT2D eigenvalue weighted by Gasteiger charge is -2.21. The first kappa shape index (κ1) is 21.5. The summed E-state index contributed by atoms with van der Waals surface area (Å²) in [5.74, 6) is 0.0314. The standard InChI is InChI=1S/C14H29N3O2.ClH/c1-5-9-17(10-6-2)14(19)8-7-13(18)16-11-12(3)15-4;/h12,15H,5-11H2,1-4H3,(H,16,18);1H. The van der Waals surface area contributed by atoms with Gasteiger partial charge in [-0.15, -0.1) is 12.4 Å². The average Bonchev–Trinajstić information content (AvgIpc) is 2.41. The molecule has 20 heavy (non-hydrogen) atoms. The molecule has 0 aromatic heterocycles. The molecule has 0 spiro atoms. The van der Waals surface area contributed by atoms with Crippen molar-refractivity contribution in [3.8, 4) is 0 Å². The quantitative estimate of drug-likeness (QED) is 0.644. The summed E-state index contributed by atoms with van der Waals surface area (Å²) in [6.45, 7) is 8.27. The van der Waals surface area contributed by atoms with Crippen molar-refractivity contribution in [3.05, 3.63) is 0 Å². The number of nitrogens with one attached hydrogen (secondary N) is 2. The third kappa shape index (κ3) is 10.0. The maximum atomic E-state index is 12.0. The number of likely N-dealkylation sites (N-methyl/N-ethyl adjacent to an activating group) is 1. The predicted octanol–water partition coefficient (Wildman–Crippen LogP) is 1.56. The van der Waals surface area contributed by atoms with Crippen LogP contribution in [0.3, 0.4) is 0 Å². The maximum Gasteiger partial charge on any atom is 0.223 e. The van der Waals surface area contributed by atoms with Gasteiger partial charge in [0.2, 0.25) is 11.8 Å². The Labute approximate surface area is 129 Å². The molecule has 120 valence electrons. The largest absolute Gasteiger partial charge is 0.355 e. The highest BCUT2D eigenvalue weighted by Crippen LogP contribution is 2.01. The maximum absolute atomic E-state index is 12.0. The second-order valence-electron chi connectivity index (χ2n) is 4.87. The summed E-state index contributed by atoms with van der Waals surface area (Å²) in [5.41, 5.74) is 0. The second kappa shape index (κ2) is 13.2. The third-order valence-corrected chi connectivity index (χ3v) is 3.00. The van der Waals surface area contributed by atoms with E-state index in [0.717, 1.165) is 25.9 Å². The fourth-order valence-corrected chi connectivity index (χ4v) is 1.74. The SMILES string of the molecule is CCCN(CCC)C(=O)CCC(=O)NCC(C)NC.Cl. The van der Waals surface area contributed by atoms with Gasteiger partial charge in [-0.05, 0) is 26.8 Å². The lowest BCUT2D eigenvalue weighted by molar-refractivity contribution is -0.133. The summed E-state index contributed by atoms with van der Waals surface area (Å²) in [4.78, 5) is 25.4. The molecule has 0 aliphatic heterocycles. The zero-order valence-electron chi connectivity index (χ0n) is 13.2. The molecule has 2 N–H and O–H groups in total. The van der Waals surface area contributed by atoms with Crippen molar-refractivity contribution in [3.63, 3.8) is 0 Å². The lowest BCUT2D eigenvalue weighted by atomic mass is 10.2. The topological polar surface area (TPSA) is 61.4 Å². The number of halogens is 1. The van der Waals surface area contributed by atoms with Crippen molar-refractivity contribution in [2.24, 2.45) is 0 Å². The van der Waals surface area contributed by atoms with E-state index in [-0.39, 0.29) is 36.7 Å². The molecule has 1 unspecified atom stereocenters. The molecule has 0 aromatic rings. The molecule has 0 saturated heterocycles. The first-order chi connectivity index (χ1) is 9.04. The van der Waals surface area contributed by atoms with Gasteiger partial charge in [0.15, 0.2) is 0 Å². The van der Waals surface area contributed by atoms with Gasteiger partial charge in [-0.3, -0.25) is 9.59 Å². The Morgan fingerprint density at radius 2 is 1.65 bits per heavy atom. The van der Waals surface area contributed by atoms with Crippen molar-refractivity contribution in [1.29, 1.82) is 0 Å². The van der Waals surface area contributed by atoms with Crippen molar-refractivity contribution >= 4 is 24.2 Å². The summed E-state index contributed by atoms with van der Waals surface area (Å²) in [7, 11) is 1.85. The molecule has 5 nitrogen and oxygen atoms in total. The van der Waals surface area contributed by atoms with E-state index in [0.29, 0.717) is 13.0 Å². The van der Waals surface area contributed by atoms with E-state index in [4.69, 9.17) is 0 Å². The Hall–Kier alpha value is -0.810. The van der Waals surface area contributed by atoms with Gasteiger partial charge in [0, 0.05) is 38.5 Å². The number of hydrogen-bond acceptors (Lipinski definition) is 3. The van der Waals surface area contributed by atoms with E-state index in [1.807, 2.05) is 18.9 Å². The van der Waals surface area contributed by atoms with Crippen LogP contribution in [0.4, 0.5) is 0 Å². The summed E-state index contributed by atoms with van der Waals surface area (Å²) in [5, 5.41) is 5.87. The van der Waals surface area contributed by atoms with Crippen molar-refractivity contribution < 1.29 is 9.59 Å². The van der Waals surface area contributed by atoms with E-state index >= 15 is 0 Å². The number of nitrogens with zero attached hydrogens (tertiary/aromatic N) is 1. The highest BCUT2D eigenvalue weighted by molar-refractivity contribution is 5.85. The first-order valence-electron chi connectivity index (χ1n) is 7.26. The van der Waals surface area contributed by atoms with Crippen molar-refractivity contribution in [2.75, 3.05) is 26.7 Å². The van der Waals surface area contributed by atoms with Gasteiger partial charge in [0.05, 0.1) is 0 Å². The summed E-state index contributed by atoms with van der Waals surface area (Å²) in [6.07, 6.45) is 2.49. The number of carbonyl (C=O) groups excluding carboxylic acids is 2. The van der Waals surface area contributed by atoms with Crippen LogP contribution in [0.2, 0.25) is 0 Å². The van der Waals surface area contributed by atoms with Crippen molar-refractivity contribution in [1.82, 2.24) is 15.5 Å².